The molecule has 2 unspecified atom stereocenters. The summed E-state index contributed by atoms with van der Waals surface area (Å²) in [4.78, 5) is 0. The number of hydrogen-bond acceptors (Lipinski definition) is 3. The molecule has 2 atom stereocenters. The van der Waals surface area contributed by atoms with Crippen LogP contribution >= 0.6 is 27.3 Å². The van der Waals surface area contributed by atoms with Gasteiger partial charge in [-0.3, -0.25) is 0 Å². The largest absolute Gasteiger partial charge is 0.373 e. The normalized spacial score (nSPS) is 29.0. The zero-order valence-corrected chi connectivity index (χ0v) is 11.2. The minimum absolute atomic E-state index is 0.0292. The van der Waals surface area contributed by atoms with Crippen LogP contribution in [0.3, 0.4) is 0 Å². The Morgan fingerprint density at radius 1 is 1.53 bits per heavy atom. The third-order valence-electron chi connectivity index (χ3n) is 3.13. The van der Waals surface area contributed by atoms with Crippen molar-refractivity contribution in [2.75, 3.05) is 6.61 Å². The smallest absolute Gasteiger partial charge is 0.0846 e. The first-order valence-electron chi connectivity index (χ1n) is 5.24. The van der Waals surface area contributed by atoms with E-state index in [1.807, 2.05) is 0 Å². The lowest BCUT2D eigenvalue weighted by atomic mass is 9.86. The molecule has 0 bridgehead atoms. The van der Waals surface area contributed by atoms with Crippen LogP contribution in [-0.4, -0.2) is 12.2 Å². The maximum absolute atomic E-state index is 6.30. The van der Waals surface area contributed by atoms with Crippen molar-refractivity contribution in [3.8, 4) is 0 Å². The van der Waals surface area contributed by atoms with Crippen molar-refractivity contribution < 1.29 is 4.74 Å². The van der Waals surface area contributed by atoms with Crippen molar-refractivity contribution in [3.63, 3.8) is 0 Å². The van der Waals surface area contributed by atoms with E-state index in [1.54, 1.807) is 11.3 Å². The SMILES string of the molecule is CC1(C(N)c2cscc2Br)CCCCO1. The highest BCUT2D eigenvalue weighted by Crippen LogP contribution is 2.38. The number of hydrogen-bond donors (Lipinski definition) is 1. The van der Waals surface area contributed by atoms with Gasteiger partial charge in [-0.2, -0.15) is 11.3 Å². The second kappa shape index (κ2) is 4.53. The molecule has 1 aromatic heterocycles. The molecule has 4 heteroatoms. The van der Waals surface area contributed by atoms with E-state index in [1.165, 1.54) is 12.0 Å². The summed E-state index contributed by atoms with van der Waals surface area (Å²) in [7, 11) is 0. The molecule has 1 aliphatic rings. The summed E-state index contributed by atoms with van der Waals surface area (Å²) in [5.74, 6) is 0. The van der Waals surface area contributed by atoms with Crippen LogP contribution in [0.4, 0.5) is 0 Å². The number of halogens is 1. The van der Waals surface area contributed by atoms with E-state index in [0.717, 1.165) is 23.9 Å². The van der Waals surface area contributed by atoms with Crippen molar-refractivity contribution in [3.05, 3.63) is 20.8 Å². The maximum atomic E-state index is 6.30. The van der Waals surface area contributed by atoms with Crippen LogP contribution in [0.5, 0.6) is 0 Å². The first-order chi connectivity index (χ1) is 7.13. The minimum Gasteiger partial charge on any atom is -0.373 e. The Morgan fingerprint density at radius 3 is 2.87 bits per heavy atom. The van der Waals surface area contributed by atoms with Crippen molar-refractivity contribution in [2.45, 2.75) is 37.8 Å². The molecule has 0 spiro atoms. The molecule has 2 nitrogen and oxygen atoms in total. The number of nitrogens with two attached hydrogens (primary N) is 1. The van der Waals surface area contributed by atoms with Gasteiger partial charge < -0.3 is 10.5 Å². The number of thiophene rings is 1. The Labute approximate surface area is 103 Å². The van der Waals surface area contributed by atoms with Crippen LogP contribution in [0, 0.1) is 0 Å². The lowest BCUT2D eigenvalue weighted by Gasteiger charge is -2.38. The Hall–Kier alpha value is 0.1000. The number of ether oxygens (including phenoxy) is 1. The fraction of sp³-hybridized carbons (Fsp3) is 0.636. The first-order valence-corrected chi connectivity index (χ1v) is 6.98. The van der Waals surface area contributed by atoms with E-state index in [0.29, 0.717) is 0 Å². The van der Waals surface area contributed by atoms with Crippen LogP contribution in [0.1, 0.15) is 37.8 Å². The predicted molar refractivity (Wildman–Crippen MR) is 67.2 cm³/mol. The van der Waals surface area contributed by atoms with Gasteiger partial charge in [0.2, 0.25) is 0 Å². The van der Waals surface area contributed by atoms with Crippen molar-refractivity contribution in [2.24, 2.45) is 5.73 Å². The highest BCUT2D eigenvalue weighted by molar-refractivity contribution is 9.10. The zero-order valence-electron chi connectivity index (χ0n) is 8.83. The quantitative estimate of drug-likeness (QED) is 0.905. The average Bonchev–Trinajstić information content (AvgIpc) is 2.64. The molecule has 1 saturated heterocycles. The fourth-order valence-electron chi connectivity index (χ4n) is 2.04. The van der Waals surface area contributed by atoms with E-state index < -0.39 is 0 Å². The van der Waals surface area contributed by atoms with Gasteiger partial charge in [0.1, 0.15) is 0 Å². The predicted octanol–water partition coefficient (Wildman–Crippen LogP) is 3.47. The van der Waals surface area contributed by atoms with Gasteiger partial charge in [0.05, 0.1) is 11.6 Å². The standard InChI is InChI=1S/C11H16BrNOS/c1-11(4-2-3-5-14-11)10(13)8-6-15-7-9(8)12/h6-7,10H,2-5,13H2,1H3. The van der Waals surface area contributed by atoms with Gasteiger partial charge in [-0.15, -0.1) is 0 Å². The topological polar surface area (TPSA) is 35.2 Å². The molecular weight excluding hydrogens is 274 g/mol. The summed E-state index contributed by atoms with van der Waals surface area (Å²) < 4.78 is 6.97. The zero-order chi connectivity index (χ0) is 10.9. The lowest BCUT2D eigenvalue weighted by molar-refractivity contribution is -0.0821. The molecule has 15 heavy (non-hydrogen) atoms. The van der Waals surface area contributed by atoms with Crippen molar-refractivity contribution in [1.29, 1.82) is 0 Å². The second-order valence-electron chi connectivity index (χ2n) is 4.27. The Morgan fingerprint density at radius 2 is 2.33 bits per heavy atom. The van der Waals surface area contributed by atoms with Crippen molar-refractivity contribution >= 4 is 27.3 Å². The van der Waals surface area contributed by atoms with E-state index in [4.69, 9.17) is 10.5 Å². The molecule has 0 amide bonds. The summed E-state index contributed by atoms with van der Waals surface area (Å²) in [6.07, 6.45) is 3.43. The first kappa shape index (κ1) is 11.6. The van der Waals surface area contributed by atoms with Gasteiger partial charge >= 0.3 is 0 Å². The molecule has 2 N–H and O–H groups in total. The Balaban J connectivity index is 2.19. The molecule has 0 aromatic carbocycles. The van der Waals surface area contributed by atoms with Gasteiger partial charge in [0.15, 0.2) is 0 Å². The van der Waals surface area contributed by atoms with E-state index in [-0.39, 0.29) is 11.6 Å². The molecule has 1 fully saturated rings. The highest BCUT2D eigenvalue weighted by Gasteiger charge is 2.36. The maximum Gasteiger partial charge on any atom is 0.0846 e. The summed E-state index contributed by atoms with van der Waals surface area (Å²) in [5.41, 5.74) is 7.28. The molecule has 1 aliphatic heterocycles. The molecule has 0 saturated carbocycles. The van der Waals surface area contributed by atoms with Crippen LogP contribution in [0.15, 0.2) is 15.2 Å². The Bertz CT molecular complexity index is 333. The summed E-state index contributed by atoms with van der Waals surface area (Å²) in [5, 5.41) is 4.18. The average molecular weight is 290 g/mol. The highest BCUT2D eigenvalue weighted by atomic mass is 79.9. The van der Waals surface area contributed by atoms with E-state index in [2.05, 4.69) is 33.6 Å². The molecule has 0 aliphatic carbocycles. The second-order valence-corrected chi connectivity index (χ2v) is 5.87. The summed E-state index contributed by atoms with van der Waals surface area (Å²) in [6, 6.07) is -0.0292. The van der Waals surface area contributed by atoms with Gasteiger partial charge in [0, 0.05) is 16.5 Å². The van der Waals surface area contributed by atoms with Gasteiger partial charge in [0.25, 0.3) is 0 Å². The molecule has 2 rings (SSSR count). The van der Waals surface area contributed by atoms with Crippen LogP contribution < -0.4 is 5.73 Å². The Kier molecular flexibility index (Phi) is 3.50. The van der Waals surface area contributed by atoms with Crippen LogP contribution in [-0.2, 0) is 4.74 Å². The molecule has 0 radical (unpaired) electrons. The van der Waals surface area contributed by atoms with E-state index in [9.17, 15) is 0 Å². The monoisotopic (exact) mass is 289 g/mol. The molecule has 2 heterocycles. The van der Waals surface area contributed by atoms with Crippen LogP contribution in [0.2, 0.25) is 0 Å². The van der Waals surface area contributed by atoms with Crippen LogP contribution in [0.25, 0.3) is 0 Å². The third-order valence-corrected chi connectivity index (χ3v) is 4.89. The summed E-state index contributed by atoms with van der Waals surface area (Å²) >= 11 is 5.21. The molecular formula is C11H16BrNOS. The van der Waals surface area contributed by atoms with Gasteiger partial charge in [-0.1, -0.05) is 0 Å². The van der Waals surface area contributed by atoms with Gasteiger partial charge in [-0.25, -0.2) is 0 Å². The minimum atomic E-state index is -0.193. The van der Waals surface area contributed by atoms with Crippen molar-refractivity contribution in [1.82, 2.24) is 0 Å². The summed E-state index contributed by atoms with van der Waals surface area (Å²) in [6.45, 7) is 2.97. The van der Waals surface area contributed by atoms with Gasteiger partial charge in [-0.05, 0) is 53.1 Å². The third kappa shape index (κ3) is 2.28. The molecule has 84 valence electrons. The lowest BCUT2D eigenvalue weighted by Crippen LogP contribution is -2.43. The fourth-order valence-corrected chi connectivity index (χ4v) is 3.62. The number of rotatable bonds is 2. The molecule has 1 aromatic rings. The van der Waals surface area contributed by atoms with E-state index >= 15 is 0 Å².